The minimum Gasteiger partial charge on any atom is -0.462 e. The highest BCUT2D eigenvalue weighted by molar-refractivity contribution is 5.73. The highest BCUT2D eigenvalue weighted by atomic mass is 16.5. The lowest BCUT2D eigenvalue weighted by Crippen LogP contribution is -2.50. The van der Waals surface area contributed by atoms with Crippen molar-refractivity contribution < 1.29 is 9.53 Å². The van der Waals surface area contributed by atoms with Gasteiger partial charge < -0.3 is 10.1 Å². The topological polar surface area (TPSA) is 38.3 Å². The average molecular weight is 520 g/mol. The van der Waals surface area contributed by atoms with Crippen LogP contribution in [0.15, 0.2) is 17.7 Å². The number of fused-ring (bicyclic) bond motifs is 5. The van der Waals surface area contributed by atoms with Crippen molar-refractivity contribution in [1.29, 1.82) is 0 Å². The summed E-state index contributed by atoms with van der Waals surface area (Å²) in [6, 6.07) is 2.25. The first-order valence-electron chi connectivity index (χ1n) is 15.7. The summed E-state index contributed by atoms with van der Waals surface area (Å²) in [4.78, 5) is 13.5. The van der Waals surface area contributed by atoms with Gasteiger partial charge in [-0.05, 0) is 135 Å². The minimum absolute atomic E-state index is 0.00847. The number of allylic oxidation sites excluding steroid dienone is 1. The number of rotatable bonds is 6. The van der Waals surface area contributed by atoms with Gasteiger partial charge in [0.05, 0.1) is 5.92 Å². The predicted molar refractivity (Wildman–Crippen MR) is 158 cm³/mol. The quantitative estimate of drug-likeness (QED) is 0.302. The van der Waals surface area contributed by atoms with Crippen molar-refractivity contribution in [3.8, 4) is 0 Å². The van der Waals surface area contributed by atoms with E-state index in [0.717, 1.165) is 49.4 Å². The maximum absolute atomic E-state index is 13.5. The Morgan fingerprint density at radius 3 is 2.55 bits per heavy atom. The molecular weight excluding hydrogens is 466 g/mol. The molecule has 3 fully saturated rings. The van der Waals surface area contributed by atoms with Crippen molar-refractivity contribution in [2.75, 3.05) is 12.4 Å². The van der Waals surface area contributed by atoms with Crippen molar-refractivity contribution in [2.24, 2.45) is 40.4 Å². The van der Waals surface area contributed by atoms with Gasteiger partial charge in [0.25, 0.3) is 0 Å². The first-order valence-corrected chi connectivity index (χ1v) is 15.7. The summed E-state index contributed by atoms with van der Waals surface area (Å²) >= 11 is 0. The van der Waals surface area contributed by atoms with Crippen LogP contribution in [0.2, 0.25) is 0 Å². The molecule has 4 aliphatic rings. The highest BCUT2D eigenvalue weighted by Gasteiger charge is 2.57. The van der Waals surface area contributed by atoms with Crippen LogP contribution in [0.5, 0.6) is 0 Å². The third-order valence-corrected chi connectivity index (χ3v) is 12.5. The Bertz CT molecular complexity index is 1100. The van der Waals surface area contributed by atoms with E-state index in [1.807, 2.05) is 7.05 Å². The van der Waals surface area contributed by atoms with Gasteiger partial charge in [0.15, 0.2) is 0 Å². The lowest BCUT2D eigenvalue weighted by Gasteiger charge is -2.58. The van der Waals surface area contributed by atoms with Crippen LogP contribution in [0, 0.1) is 61.2 Å². The fraction of sp³-hybridized carbons (Fsp3) is 0.743. The molecule has 0 aliphatic heterocycles. The number of hydrogen-bond donors (Lipinski definition) is 1. The third kappa shape index (κ3) is 4.44. The van der Waals surface area contributed by atoms with E-state index in [4.69, 9.17) is 4.74 Å². The number of ether oxygens (including phenoxy) is 1. The Kier molecular flexibility index (Phi) is 7.55. The number of benzene rings is 1. The summed E-state index contributed by atoms with van der Waals surface area (Å²) in [5, 5.41) is 3.36. The van der Waals surface area contributed by atoms with Gasteiger partial charge in [0.2, 0.25) is 0 Å². The van der Waals surface area contributed by atoms with Crippen LogP contribution in [0.4, 0.5) is 5.69 Å². The van der Waals surface area contributed by atoms with Crippen LogP contribution in [0.1, 0.15) is 108 Å². The molecule has 3 heteroatoms. The summed E-state index contributed by atoms with van der Waals surface area (Å²) in [7, 11) is 1.99. The zero-order chi connectivity index (χ0) is 27.4. The van der Waals surface area contributed by atoms with E-state index in [2.05, 4.69) is 65.9 Å². The Morgan fingerprint density at radius 2 is 1.84 bits per heavy atom. The van der Waals surface area contributed by atoms with E-state index in [1.54, 1.807) is 5.57 Å². The van der Waals surface area contributed by atoms with E-state index in [0.29, 0.717) is 10.8 Å². The number of aryl methyl sites for hydroxylation is 2. The normalized spacial score (nSPS) is 36.9. The number of carbonyl (C=O) groups excluding carboxylic acids is 1. The maximum atomic E-state index is 13.5. The molecule has 8 atom stereocenters. The summed E-state index contributed by atoms with van der Waals surface area (Å²) < 4.78 is 6.31. The van der Waals surface area contributed by atoms with E-state index >= 15 is 0 Å². The molecule has 0 aromatic heterocycles. The zero-order valence-electron chi connectivity index (χ0n) is 25.5. The number of esters is 1. The molecule has 0 radical (unpaired) electrons. The second-order valence-electron chi connectivity index (χ2n) is 14.1. The summed E-state index contributed by atoms with van der Waals surface area (Å²) in [5.41, 5.74) is 8.78. The van der Waals surface area contributed by atoms with Gasteiger partial charge in [0.1, 0.15) is 6.10 Å². The van der Waals surface area contributed by atoms with Crippen molar-refractivity contribution in [3.63, 3.8) is 0 Å². The van der Waals surface area contributed by atoms with Crippen LogP contribution in [-0.2, 0) is 16.0 Å². The summed E-state index contributed by atoms with van der Waals surface area (Å²) in [6.07, 6.45) is 14.3. The Hall–Kier alpha value is -1.77. The van der Waals surface area contributed by atoms with Gasteiger partial charge in [-0.2, -0.15) is 0 Å². The molecule has 3 nitrogen and oxygen atoms in total. The molecule has 38 heavy (non-hydrogen) atoms. The maximum Gasteiger partial charge on any atom is 0.309 e. The molecule has 3 saturated carbocycles. The second kappa shape index (κ2) is 10.3. The van der Waals surface area contributed by atoms with Gasteiger partial charge in [-0.15, -0.1) is 0 Å². The lowest BCUT2D eigenvalue weighted by molar-refractivity contribution is -0.156. The van der Waals surface area contributed by atoms with Crippen molar-refractivity contribution >= 4 is 11.7 Å². The zero-order valence-corrected chi connectivity index (χ0v) is 25.5. The Morgan fingerprint density at radius 1 is 1.08 bits per heavy atom. The number of hydrogen-bond acceptors (Lipinski definition) is 3. The average Bonchev–Trinajstić information content (AvgIpc) is 3.18. The first kappa shape index (κ1) is 27.8. The van der Waals surface area contributed by atoms with Crippen LogP contribution in [0.3, 0.4) is 0 Å². The molecule has 0 spiro atoms. The standard InChI is InChI=1S/C35H53NO2/c1-9-25(19-29-21(2)18-22(3)32(36-8)24(29)5)33(37)38-27-14-16-35(7)26(20-27)11-12-28-30-13-10-23(4)34(30,6)17-15-31(28)35/h11,18,23,25,27-28,30-31,36H,9-10,12-17,19-20H2,1-8H3. The third-order valence-electron chi connectivity index (χ3n) is 12.5. The molecule has 1 N–H and O–H groups in total. The molecular formula is C35H53NO2. The van der Waals surface area contributed by atoms with Crippen LogP contribution in [0.25, 0.3) is 0 Å². The van der Waals surface area contributed by atoms with Crippen LogP contribution >= 0.6 is 0 Å². The number of nitrogens with one attached hydrogen (secondary N) is 1. The molecule has 210 valence electrons. The summed E-state index contributed by atoms with van der Waals surface area (Å²) in [5.74, 6) is 3.39. The lowest BCUT2D eigenvalue weighted by atomic mass is 9.47. The Balaban J connectivity index is 1.27. The van der Waals surface area contributed by atoms with Crippen molar-refractivity contribution in [1.82, 2.24) is 0 Å². The monoisotopic (exact) mass is 519 g/mol. The van der Waals surface area contributed by atoms with Crippen LogP contribution < -0.4 is 5.32 Å². The van der Waals surface area contributed by atoms with Gasteiger partial charge >= 0.3 is 5.97 Å². The number of carbonyl (C=O) groups is 1. The van der Waals surface area contributed by atoms with E-state index in [9.17, 15) is 4.79 Å². The molecule has 1 aromatic carbocycles. The van der Waals surface area contributed by atoms with E-state index in [-0.39, 0.29) is 18.0 Å². The first-order chi connectivity index (χ1) is 18.0. The largest absolute Gasteiger partial charge is 0.462 e. The summed E-state index contributed by atoms with van der Waals surface area (Å²) in [6.45, 7) is 16.3. The smallest absolute Gasteiger partial charge is 0.309 e. The molecule has 8 unspecified atom stereocenters. The Labute approximate surface area is 232 Å². The van der Waals surface area contributed by atoms with Crippen molar-refractivity contribution in [3.05, 3.63) is 40.0 Å². The molecule has 4 aliphatic carbocycles. The highest BCUT2D eigenvalue weighted by Crippen LogP contribution is 2.66. The molecule has 0 saturated heterocycles. The predicted octanol–water partition coefficient (Wildman–Crippen LogP) is 8.73. The van der Waals surface area contributed by atoms with Gasteiger partial charge in [-0.25, -0.2) is 0 Å². The molecule has 5 rings (SSSR count). The van der Waals surface area contributed by atoms with Gasteiger partial charge in [-0.1, -0.05) is 45.4 Å². The van der Waals surface area contributed by atoms with Crippen LogP contribution in [-0.4, -0.2) is 19.1 Å². The molecule has 1 aromatic rings. The molecule has 0 bridgehead atoms. The minimum atomic E-state index is -0.0850. The van der Waals surface area contributed by atoms with Gasteiger partial charge in [-0.3, -0.25) is 4.79 Å². The molecule has 0 amide bonds. The number of anilines is 1. The van der Waals surface area contributed by atoms with Gasteiger partial charge in [0, 0.05) is 19.2 Å². The van der Waals surface area contributed by atoms with E-state index in [1.165, 1.54) is 66.5 Å². The fourth-order valence-corrected chi connectivity index (χ4v) is 9.82. The fourth-order valence-electron chi connectivity index (χ4n) is 9.82. The van der Waals surface area contributed by atoms with E-state index < -0.39 is 0 Å². The van der Waals surface area contributed by atoms with Crippen molar-refractivity contribution in [2.45, 2.75) is 119 Å². The SMILES string of the molecule is CCC(Cc1c(C)cc(C)c(NC)c1C)C(=O)OC1CCC2(C)C(=CCC3C2CCC2(C)C(C)CCC32)C1. The second-order valence-corrected chi connectivity index (χ2v) is 14.1. The molecule has 0 heterocycles.